The van der Waals surface area contributed by atoms with Crippen LogP contribution < -0.4 is 5.32 Å². The van der Waals surface area contributed by atoms with Crippen LogP contribution >= 0.6 is 0 Å². The molecular formula is C11H26B2N2O4. The van der Waals surface area contributed by atoms with Gasteiger partial charge in [0.2, 0.25) is 0 Å². The first-order valence-electron chi connectivity index (χ1n) is 7.12. The zero-order valence-electron chi connectivity index (χ0n) is 11.7. The van der Waals surface area contributed by atoms with Crippen LogP contribution in [-0.4, -0.2) is 72.5 Å². The first kappa shape index (κ1) is 16.9. The molecule has 0 saturated carbocycles. The van der Waals surface area contributed by atoms with Gasteiger partial charge in [-0.25, -0.2) is 0 Å². The minimum atomic E-state index is -1.10. The normalized spacial score (nSPS) is 22.6. The second kappa shape index (κ2) is 8.94. The topological polar surface area (TPSA) is 96.2 Å². The quantitative estimate of drug-likeness (QED) is 0.404. The Morgan fingerprint density at radius 3 is 1.63 bits per heavy atom. The summed E-state index contributed by atoms with van der Waals surface area (Å²) in [6.07, 6.45) is 3.59. The first-order chi connectivity index (χ1) is 9.00. The van der Waals surface area contributed by atoms with Crippen molar-refractivity contribution in [1.29, 1.82) is 0 Å². The summed E-state index contributed by atoms with van der Waals surface area (Å²) in [5.41, 5.74) is 0. The van der Waals surface area contributed by atoms with E-state index >= 15 is 0 Å². The molecule has 0 aliphatic carbocycles. The van der Waals surface area contributed by atoms with Gasteiger partial charge in [-0.1, -0.05) is 0 Å². The van der Waals surface area contributed by atoms with Gasteiger partial charge in [0.15, 0.2) is 0 Å². The van der Waals surface area contributed by atoms with Gasteiger partial charge >= 0.3 is 14.2 Å². The molecule has 6 nitrogen and oxygen atoms in total. The molecule has 0 amide bonds. The van der Waals surface area contributed by atoms with Crippen LogP contribution in [0.25, 0.3) is 0 Å². The van der Waals surface area contributed by atoms with E-state index in [9.17, 15) is 0 Å². The van der Waals surface area contributed by atoms with E-state index in [-0.39, 0.29) is 11.6 Å². The van der Waals surface area contributed by atoms with Crippen LogP contribution in [0.3, 0.4) is 0 Å². The maximum absolute atomic E-state index is 8.80. The van der Waals surface area contributed by atoms with Crippen molar-refractivity contribution in [2.75, 3.05) is 33.2 Å². The molecule has 2 fully saturated rings. The van der Waals surface area contributed by atoms with Crippen molar-refractivity contribution in [1.82, 2.24) is 10.2 Å². The highest BCUT2D eigenvalue weighted by molar-refractivity contribution is 6.43. The molecule has 0 unspecified atom stereocenters. The van der Waals surface area contributed by atoms with Crippen LogP contribution in [0.1, 0.15) is 25.7 Å². The van der Waals surface area contributed by atoms with E-state index in [1.807, 2.05) is 0 Å². The Morgan fingerprint density at radius 1 is 0.842 bits per heavy atom. The fourth-order valence-electron chi connectivity index (χ4n) is 2.47. The molecule has 2 heterocycles. The highest BCUT2D eigenvalue weighted by Gasteiger charge is 2.26. The van der Waals surface area contributed by atoms with Crippen molar-refractivity contribution in [3.63, 3.8) is 0 Å². The molecule has 0 bridgehead atoms. The van der Waals surface area contributed by atoms with Crippen molar-refractivity contribution < 1.29 is 20.1 Å². The van der Waals surface area contributed by atoms with Crippen molar-refractivity contribution in [2.45, 2.75) is 37.3 Å². The fraction of sp³-hybridized carbons (Fsp3) is 1.00. The molecule has 0 aromatic carbocycles. The minimum absolute atomic E-state index is 0.103. The van der Waals surface area contributed by atoms with E-state index in [2.05, 4.69) is 17.3 Å². The molecule has 0 radical (unpaired) electrons. The molecule has 0 atom stereocenters. The number of piperidine rings is 2. The first-order valence-corrected chi connectivity index (χ1v) is 7.12. The van der Waals surface area contributed by atoms with Gasteiger partial charge in [-0.2, -0.15) is 0 Å². The van der Waals surface area contributed by atoms with Crippen LogP contribution in [0.5, 0.6) is 0 Å². The van der Waals surface area contributed by atoms with Gasteiger partial charge in [0, 0.05) is 0 Å². The third-order valence-electron chi connectivity index (χ3n) is 3.99. The Hall–Kier alpha value is -0.110. The lowest BCUT2D eigenvalue weighted by molar-refractivity contribution is 0.253. The van der Waals surface area contributed by atoms with Crippen LogP contribution in [0.15, 0.2) is 0 Å². The van der Waals surface area contributed by atoms with Crippen LogP contribution in [0, 0.1) is 0 Å². The van der Waals surface area contributed by atoms with Crippen LogP contribution in [0.4, 0.5) is 0 Å². The molecule has 2 aliphatic rings. The number of hydrogen-bond acceptors (Lipinski definition) is 6. The summed E-state index contributed by atoms with van der Waals surface area (Å²) in [4.78, 5) is 2.21. The maximum Gasteiger partial charge on any atom is 0.454 e. The van der Waals surface area contributed by atoms with Crippen molar-refractivity contribution in [3.05, 3.63) is 0 Å². The van der Waals surface area contributed by atoms with Crippen LogP contribution in [-0.2, 0) is 0 Å². The van der Waals surface area contributed by atoms with Crippen molar-refractivity contribution in [2.24, 2.45) is 0 Å². The summed E-state index contributed by atoms with van der Waals surface area (Å²) >= 11 is 0. The number of rotatable bonds is 2. The maximum atomic E-state index is 8.80. The third kappa shape index (κ3) is 6.74. The Morgan fingerprint density at radius 2 is 1.26 bits per heavy atom. The number of likely N-dealkylation sites (tertiary alicyclic amines) is 1. The molecule has 8 heteroatoms. The van der Waals surface area contributed by atoms with Gasteiger partial charge in [0.05, 0.1) is 0 Å². The second-order valence-corrected chi connectivity index (χ2v) is 5.56. The largest absolute Gasteiger partial charge is 0.454 e. The summed E-state index contributed by atoms with van der Waals surface area (Å²) in [6.45, 7) is 3.81. The van der Waals surface area contributed by atoms with Gasteiger partial charge < -0.3 is 30.3 Å². The standard InChI is InChI=1S/C6H14BNO2.C5H12BNO2/c1-8-4-2-6(3-5-8)7(9)10;8-6(9)5-1-3-7-4-2-5/h6,9-10H,2-5H2,1H3;5,7-9H,1-4H2. The van der Waals surface area contributed by atoms with Gasteiger partial charge in [-0.15, -0.1) is 0 Å². The SMILES string of the molecule is CN1CCC(B(O)O)CC1.OB(O)C1CCNCC1. The molecule has 0 spiro atoms. The molecule has 0 aromatic rings. The number of nitrogens with zero attached hydrogens (tertiary/aromatic N) is 1. The summed E-state index contributed by atoms with van der Waals surface area (Å²) in [5, 5.41) is 38.2. The zero-order valence-corrected chi connectivity index (χ0v) is 11.7. The Balaban J connectivity index is 0.000000191. The molecule has 0 aromatic heterocycles. The third-order valence-corrected chi connectivity index (χ3v) is 3.99. The predicted molar refractivity (Wildman–Crippen MR) is 76.7 cm³/mol. The molecule has 2 aliphatic heterocycles. The average molecular weight is 272 g/mol. The van der Waals surface area contributed by atoms with Crippen LogP contribution in [0.2, 0.25) is 11.6 Å². The van der Waals surface area contributed by atoms with E-state index < -0.39 is 14.2 Å². The molecule has 19 heavy (non-hydrogen) atoms. The summed E-state index contributed by atoms with van der Waals surface area (Å²) in [5.74, 6) is 0.211. The number of nitrogens with one attached hydrogen (secondary N) is 1. The lowest BCUT2D eigenvalue weighted by Gasteiger charge is -2.27. The summed E-state index contributed by atoms with van der Waals surface area (Å²) in [7, 11) is -0.152. The smallest absolute Gasteiger partial charge is 0.427 e. The molecule has 5 N–H and O–H groups in total. The van der Waals surface area contributed by atoms with Crippen molar-refractivity contribution >= 4 is 14.2 Å². The van der Waals surface area contributed by atoms with E-state index in [1.54, 1.807) is 0 Å². The average Bonchev–Trinajstić information content (AvgIpc) is 2.41. The van der Waals surface area contributed by atoms with E-state index in [0.717, 1.165) is 51.9 Å². The highest BCUT2D eigenvalue weighted by Crippen LogP contribution is 2.22. The zero-order chi connectivity index (χ0) is 14.3. The minimum Gasteiger partial charge on any atom is -0.427 e. The highest BCUT2D eigenvalue weighted by atomic mass is 16.4. The summed E-state index contributed by atoms with van der Waals surface area (Å²) < 4.78 is 0. The lowest BCUT2D eigenvalue weighted by atomic mass is 9.68. The Kier molecular flexibility index (Phi) is 7.97. The Bertz CT molecular complexity index is 233. The molecular weight excluding hydrogens is 246 g/mol. The molecule has 2 rings (SSSR count). The van der Waals surface area contributed by atoms with E-state index in [0.29, 0.717) is 0 Å². The molecule has 110 valence electrons. The van der Waals surface area contributed by atoms with Crippen molar-refractivity contribution in [3.8, 4) is 0 Å². The monoisotopic (exact) mass is 272 g/mol. The van der Waals surface area contributed by atoms with Gasteiger partial charge in [-0.3, -0.25) is 0 Å². The van der Waals surface area contributed by atoms with Gasteiger partial charge in [-0.05, 0) is 70.5 Å². The fourth-order valence-corrected chi connectivity index (χ4v) is 2.47. The lowest BCUT2D eigenvalue weighted by Crippen LogP contribution is -2.34. The van der Waals surface area contributed by atoms with E-state index in [1.165, 1.54) is 0 Å². The molecule has 2 saturated heterocycles. The predicted octanol–water partition coefficient (Wildman–Crippen LogP) is -1.23. The van der Waals surface area contributed by atoms with Gasteiger partial charge in [0.25, 0.3) is 0 Å². The Labute approximate surface area is 116 Å². The van der Waals surface area contributed by atoms with E-state index in [4.69, 9.17) is 20.1 Å². The second-order valence-electron chi connectivity index (χ2n) is 5.56. The van der Waals surface area contributed by atoms with Gasteiger partial charge in [0.1, 0.15) is 0 Å². The summed E-state index contributed by atoms with van der Waals surface area (Å²) in [6, 6.07) is 0. The number of hydrogen-bond donors (Lipinski definition) is 5.